The number of amides is 1. The summed E-state index contributed by atoms with van der Waals surface area (Å²) < 4.78 is 0. The quantitative estimate of drug-likeness (QED) is 0.607. The van der Waals surface area contributed by atoms with E-state index in [1.807, 2.05) is 13.8 Å². The summed E-state index contributed by atoms with van der Waals surface area (Å²) in [4.78, 5) is 17.3. The van der Waals surface area contributed by atoms with Gasteiger partial charge in [-0.05, 0) is 80.7 Å². The molecule has 0 spiro atoms. The molecule has 2 aliphatic carbocycles. The maximum Gasteiger partial charge on any atom is 0.225 e. The van der Waals surface area contributed by atoms with Crippen molar-refractivity contribution in [3.8, 4) is 12.8 Å². The van der Waals surface area contributed by atoms with Gasteiger partial charge < -0.3 is 9.80 Å². The Morgan fingerprint density at radius 2 is 1.68 bits per heavy atom. The first kappa shape index (κ1) is 23.6. The zero-order valence-electron chi connectivity index (χ0n) is 19.6. The number of benzene rings is 1. The molecule has 1 aromatic rings. The van der Waals surface area contributed by atoms with Crippen molar-refractivity contribution < 1.29 is 4.79 Å². The number of terminal acetylenes is 1. The van der Waals surface area contributed by atoms with Gasteiger partial charge in [0, 0.05) is 31.5 Å². The fourth-order valence-electron chi connectivity index (χ4n) is 5.38. The first-order valence-corrected chi connectivity index (χ1v) is 12.4. The van der Waals surface area contributed by atoms with Gasteiger partial charge in [-0.3, -0.25) is 4.79 Å². The lowest BCUT2D eigenvalue weighted by molar-refractivity contribution is -0.131. The van der Waals surface area contributed by atoms with Crippen LogP contribution in [0.1, 0.15) is 63.5 Å². The van der Waals surface area contributed by atoms with Gasteiger partial charge >= 0.3 is 0 Å². The van der Waals surface area contributed by atoms with Gasteiger partial charge in [-0.25, -0.2) is 0 Å². The van der Waals surface area contributed by atoms with Crippen LogP contribution in [0.4, 0.5) is 0 Å². The summed E-state index contributed by atoms with van der Waals surface area (Å²) in [6.45, 7) is 9.70. The van der Waals surface area contributed by atoms with Crippen molar-refractivity contribution in [2.45, 2.75) is 58.8 Å². The van der Waals surface area contributed by atoms with Crippen LogP contribution in [0.3, 0.4) is 0 Å². The summed E-state index contributed by atoms with van der Waals surface area (Å²) in [5.74, 6) is 2.01. The molecule has 2 atom stereocenters. The summed E-state index contributed by atoms with van der Waals surface area (Å²) in [6.07, 6.45) is 19.0. The van der Waals surface area contributed by atoms with E-state index in [0.717, 1.165) is 32.4 Å². The summed E-state index contributed by atoms with van der Waals surface area (Å²) in [5.41, 5.74) is 4.34. The highest BCUT2D eigenvalue weighted by Gasteiger charge is 2.42. The zero-order chi connectivity index (χ0) is 22.2. The molecule has 0 bridgehead atoms. The predicted molar refractivity (Wildman–Crippen MR) is 131 cm³/mol. The normalized spacial score (nSPS) is 24.9. The SMILES string of the molecule is C#C.CC.O=C(C1CC1)N1CC2CCC=C(c3ccc(CCN4CCCC4)cc3)C2C1. The van der Waals surface area contributed by atoms with E-state index < -0.39 is 0 Å². The molecule has 3 fully saturated rings. The molecule has 1 saturated carbocycles. The van der Waals surface area contributed by atoms with Crippen LogP contribution in [0.25, 0.3) is 5.57 Å². The molecular weight excluding hydrogens is 380 g/mol. The fraction of sp³-hybridized carbons (Fsp3) is 0.607. The summed E-state index contributed by atoms with van der Waals surface area (Å²) >= 11 is 0. The molecule has 3 heteroatoms. The van der Waals surface area contributed by atoms with E-state index >= 15 is 0 Å². The number of carbonyl (C=O) groups excluding carboxylic acids is 1. The highest BCUT2D eigenvalue weighted by Crippen LogP contribution is 2.43. The van der Waals surface area contributed by atoms with Crippen molar-refractivity contribution in [2.24, 2.45) is 17.8 Å². The van der Waals surface area contributed by atoms with Gasteiger partial charge in [0.2, 0.25) is 5.91 Å². The monoisotopic (exact) mass is 420 g/mol. The Kier molecular flexibility index (Phi) is 8.79. The van der Waals surface area contributed by atoms with Gasteiger partial charge in [-0.2, -0.15) is 0 Å². The number of hydrogen-bond donors (Lipinski definition) is 0. The summed E-state index contributed by atoms with van der Waals surface area (Å²) in [5, 5.41) is 0. The van der Waals surface area contributed by atoms with Crippen LogP contribution in [-0.2, 0) is 11.2 Å². The van der Waals surface area contributed by atoms with E-state index in [0.29, 0.717) is 23.7 Å². The number of likely N-dealkylation sites (tertiary alicyclic amines) is 2. The van der Waals surface area contributed by atoms with Crippen LogP contribution >= 0.6 is 0 Å². The average molecular weight is 421 g/mol. The van der Waals surface area contributed by atoms with Crippen molar-refractivity contribution in [3.05, 3.63) is 41.5 Å². The molecule has 2 heterocycles. The van der Waals surface area contributed by atoms with Gasteiger partial charge in [-0.15, -0.1) is 12.8 Å². The molecule has 0 radical (unpaired) electrons. The third-order valence-corrected chi connectivity index (χ3v) is 7.18. The molecule has 4 aliphatic rings. The minimum atomic E-state index is 0.354. The number of hydrogen-bond acceptors (Lipinski definition) is 2. The van der Waals surface area contributed by atoms with Crippen LogP contribution in [0, 0.1) is 30.6 Å². The largest absolute Gasteiger partial charge is 0.342 e. The first-order chi connectivity index (χ1) is 15.3. The summed E-state index contributed by atoms with van der Waals surface area (Å²) in [7, 11) is 0. The minimum absolute atomic E-state index is 0.354. The molecule has 168 valence electrons. The van der Waals surface area contributed by atoms with Crippen LogP contribution in [-0.4, -0.2) is 48.4 Å². The molecule has 0 aromatic heterocycles. The van der Waals surface area contributed by atoms with Crippen molar-refractivity contribution in [2.75, 3.05) is 32.7 Å². The lowest BCUT2D eigenvalue weighted by Gasteiger charge is -2.26. The van der Waals surface area contributed by atoms with Crippen molar-refractivity contribution in [1.29, 1.82) is 0 Å². The molecular formula is C28H40N2O. The second kappa shape index (κ2) is 11.5. The molecule has 1 amide bonds. The van der Waals surface area contributed by atoms with Gasteiger partial charge in [0.15, 0.2) is 0 Å². The van der Waals surface area contributed by atoms with E-state index in [-0.39, 0.29) is 0 Å². The average Bonchev–Trinajstić information content (AvgIpc) is 3.37. The van der Waals surface area contributed by atoms with Gasteiger partial charge in [0.1, 0.15) is 0 Å². The fourth-order valence-corrected chi connectivity index (χ4v) is 5.38. The van der Waals surface area contributed by atoms with Crippen LogP contribution in [0.2, 0.25) is 0 Å². The second-order valence-corrected chi connectivity index (χ2v) is 9.12. The van der Waals surface area contributed by atoms with Crippen LogP contribution in [0.15, 0.2) is 30.3 Å². The third-order valence-electron chi connectivity index (χ3n) is 7.18. The predicted octanol–water partition coefficient (Wildman–Crippen LogP) is 5.26. The van der Waals surface area contributed by atoms with E-state index in [2.05, 4.69) is 53.0 Å². The Morgan fingerprint density at radius 3 is 2.32 bits per heavy atom. The molecule has 0 N–H and O–H groups in total. The Bertz CT molecular complexity index is 753. The number of allylic oxidation sites excluding steroid dienone is 1. The third kappa shape index (κ3) is 5.80. The van der Waals surface area contributed by atoms with Gasteiger partial charge in [-0.1, -0.05) is 44.2 Å². The number of rotatable bonds is 5. The Hall–Kier alpha value is -2.05. The molecule has 3 nitrogen and oxygen atoms in total. The summed E-state index contributed by atoms with van der Waals surface area (Å²) in [6, 6.07) is 9.33. The number of carbonyl (C=O) groups is 1. The highest BCUT2D eigenvalue weighted by molar-refractivity contribution is 5.82. The molecule has 5 rings (SSSR count). The Balaban J connectivity index is 0.000000645. The number of nitrogens with zero attached hydrogens (tertiary/aromatic N) is 2. The lowest BCUT2D eigenvalue weighted by atomic mass is 9.78. The molecule has 2 aliphatic heterocycles. The van der Waals surface area contributed by atoms with Crippen LogP contribution < -0.4 is 0 Å². The second-order valence-electron chi connectivity index (χ2n) is 9.12. The maximum absolute atomic E-state index is 12.5. The highest BCUT2D eigenvalue weighted by atomic mass is 16.2. The van der Waals surface area contributed by atoms with Crippen molar-refractivity contribution in [1.82, 2.24) is 9.80 Å². The van der Waals surface area contributed by atoms with Crippen LogP contribution in [0.5, 0.6) is 0 Å². The van der Waals surface area contributed by atoms with Gasteiger partial charge in [0.05, 0.1) is 0 Å². The van der Waals surface area contributed by atoms with E-state index in [1.165, 1.54) is 62.0 Å². The standard InChI is InChI=1S/C24H32N2O.C2H6.C2H2/c27-24(20-10-11-20)26-16-21-4-3-5-22(23(21)17-26)19-8-6-18(7-9-19)12-15-25-13-1-2-14-25;2*1-2/h5-9,20-21,23H,1-4,10-17H2;1-2H3;1-2H. The Labute approximate surface area is 189 Å². The number of fused-ring (bicyclic) bond motifs is 1. The smallest absolute Gasteiger partial charge is 0.225 e. The van der Waals surface area contributed by atoms with Gasteiger partial charge in [0.25, 0.3) is 0 Å². The minimum Gasteiger partial charge on any atom is -0.342 e. The molecule has 2 unspecified atom stereocenters. The van der Waals surface area contributed by atoms with E-state index in [9.17, 15) is 4.79 Å². The maximum atomic E-state index is 12.5. The molecule has 1 aromatic carbocycles. The van der Waals surface area contributed by atoms with Crippen molar-refractivity contribution in [3.63, 3.8) is 0 Å². The van der Waals surface area contributed by atoms with E-state index in [4.69, 9.17) is 0 Å². The topological polar surface area (TPSA) is 23.6 Å². The molecule has 2 saturated heterocycles. The Morgan fingerprint density at radius 1 is 1.00 bits per heavy atom. The zero-order valence-corrected chi connectivity index (χ0v) is 19.6. The molecule has 31 heavy (non-hydrogen) atoms. The first-order valence-electron chi connectivity index (χ1n) is 12.4. The van der Waals surface area contributed by atoms with Crippen molar-refractivity contribution >= 4 is 11.5 Å². The lowest BCUT2D eigenvalue weighted by Crippen LogP contribution is -2.30. The van der Waals surface area contributed by atoms with E-state index in [1.54, 1.807) is 0 Å².